The maximum Gasteiger partial charge on any atom is 0.336 e. The molecule has 4 nitrogen and oxygen atoms in total. The van der Waals surface area contributed by atoms with Crippen LogP contribution in [0, 0.1) is 5.92 Å². The van der Waals surface area contributed by atoms with Gasteiger partial charge in [-0.05, 0) is 12.3 Å². The molecule has 0 fully saturated rings. The molecule has 0 radical (unpaired) electrons. The molecule has 0 aliphatic heterocycles. The highest BCUT2D eigenvalue weighted by molar-refractivity contribution is 5.85. The Labute approximate surface area is 84.9 Å². The molecule has 0 aromatic carbocycles. The molecule has 0 aliphatic rings. The standard InChI is InChI=1S/C8H17NO3.ClH/c1-5(2)4-6(9)7(10)8(11)12-3;/h5-7,10H,4,9H2,1-3H3;1H/t6-,7?;/m0./s1. The van der Waals surface area contributed by atoms with Gasteiger partial charge in [-0.1, -0.05) is 13.8 Å². The maximum atomic E-state index is 10.8. The fourth-order valence-electron chi connectivity index (χ4n) is 0.969. The van der Waals surface area contributed by atoms with Crippen LogP contribution in [-0.4, -0.2) is 30.3 Å². The van der Waals surface area contributed by atoms with E-state index in [-0.39, 0.29) is 12.4 Å². The van der Waals surface area contributed by atoms with Crippen LogP contribution in [0.15, 0.2) is 0 Å². The summed E-state index contributed by atoms with van der Waals surface area (Å²) in [6.45, 7) is 3.95. The Bertz CT molecular complexity index is 152. The minimum atomic E-state index is -1.20. The second-order valence-electron chi connectivity index (χ2n) is 3.26. The number of nitrogens with two attached hydrogens (primary N) is 1. The van der Waals surface area contributed by atoms with Crippen molar-refractivity contribution in [3.63, 3.8) is 0 Å². The van der Waals surface area contributed by atoms with Gasteiger partial charge in [0, 0.05) is 6.04 Å². The second kappa shape index (κ2) is 7.12. The molecule has 0 spiro atoms. The molecule has 0 aromatic rings. The Hall–Kier alpha value is -0.320. The number of hydrogen-bond acceptors (Lipinski definition) is 4. The Morgan fingerprint density at radius 2 is 2.00 bits per heavy atom. The average Bonchev–Trinajstić information content (AvgIpc) is 2.00. The van der Waals surface area contributed by atoms with Crippen molar-refractivity contribution in [3.8, 4) is 0 Å². The second-order valence-corrected chi connectivity index (χ2v) is 3.26. The molecule has 0 aromatic heterocycles. The Morgan fingerprint density at radius 1 is 1.54 bits per heavy atom. The third-order valence-corrected chi connectivity index (χ3v) is 1.59. The first kappa shape index (κ1) is 15.2. The first-order chi connectivity index (χ1) is 5.49. The lowest BCUT2D eigenvalue weighted by Crippen LogP contribution is -2.41. The molecule has 0 bridgehead atoms. The Kier molecular flexibility index (Phi) is 8.30. The molecule has 0 rings (SSSR count). The molecule has 13 heavy (non-hydrogen) atoms. The summed E-state index contributed by atoms with van der Waals surface area (Å²) in [5.41, 5.74) is 5.54. The number of methoxy groups -OCH3 is 1. The van der Waals surface area contributed by atoms with E-state index in [2.05, 4.69) is 4.74 Å². The molecular formula is C8H18ClNO3. The lowest BCUT2D eigenvalue weighted by atomic mass is 10.0. The number of carbonyl (C=O) groups excluding carboxylic acids is 1. The number of esters is 1. The summed E-state index contributed by atoms with van der Waals surface area (Å²) in [7, 11) is 1.23. The number of rotatable bonds is 4. The predicted octanol–water partition coefficient (Wildman–Crippen LogP) is 0.315. The van der Waals surface area contributed by atoms with Crippen LogP contribution >= 0.6 is 12.4 Å². The van der Waals surface area contributed by atoms with Gasteiger partial charge in [0.2, 0.25) is 0 Å². The fourth-order valence-corrected chi connectivity index (χ4v) is 0.969. The lowest BCUT2D eigenvalue weighted by molar-refractivity contribution is -0.151. The van der Waals surface area contributed by atoms with E-state index in [1.807, 2.05) is 13.8 Å². The van der Waals surface area contributed by atoms with E-state index < -0.39 is 18.1 Å². The van der Waals surface area contributed by atoms with Gasteiger partial charge in [0.05, 0.1) is 7.11 Å². The van der Waals surface area contributed by atoms with Gasteiger partial charge in [-0.3, -0.25) is 0 Å². The molecule has 0 heterocycles. The number of carbonyl (C=O) groups is 1. The summed E-state index contributed by atoms with van der Waals surface area (Å²) >= 11 is 0. The highest BCUT2D eigenvalue weighted by Gasteiger charge is 2.23. The summed E-state index contributed by atoms with van der Waals surface area (Å²) in [5.74, 6) is -0.303. The summed E-state index contributed by atoms with van der Waals surface area (Å²) in [6.07, 6.45) is -0.589. The van der Waals surface area contributed by atoms with Crippen LogP contribution in [0.1, 0.15) is 20.3 Å². The van der Waals surface area contributed by atoms with Crippen molar-refractivity contribution in [1.29, 1.82) is 0 Å². The molecule has 5 heteroatoms. The maximum absolute atomic E-state index is 10.8. The molecule has 2 atom stereocenters. The van der Waals surface area contributed by atoms with Gasteiger partial charge < -0.3 is 15.6 Å². The van der Waals surface area contributed by atoms with Crippen molar-refractivity contribution in [2.24, 2.45) is 11.7 Å². The average molecular weight is 212 g/mol. The molecule has 0 amide bonds. The molecule has 0 saturated carbocycles. The van der Waals surface area contributed by atoms with Gasteiger partial charge >= 0.3 is 5.97 Å². The van der Waals surface area contributed by atoms with E-state index in [9.17, 15) is 9.90 Å². The number of hydrogen-bond donors (Lipinski definition) is 2. The summed E-state index contributed by atoms with van der Waals surface area (Å²) < 4.78 is 4.35. The zero-order chi connectivity index (χ0) is 9.72. The SMILES string of the molecule is COC(=O)C(O)[C@@H](N)CC(C)C.Cl. The van der Waals surface area contributed by atoms with Gasteiger partial charge in [-0.25, -0.2) is 4.79 Å². The van der Waals surface area contributed by atoms with Crippen LogP contribution in [-0.2, 0) is 9.53 Å². The van der Waals surface area contributed by atoms with E-state index >= 15 is 0 Å². The highest BCUT2D eigenvalue weighted by atomic mass is 35.5. The van der Waals surface area contributed by atoms with Gasteiger partial charge in [0.25, 0.3) is 0 Å². The van der Waals surface area contributed by atoms with E-state index in [0.717, 1.165) is 0 Å². The van der Waals surface area contributed by atoms with Gasteiger partial charge in [-0.15, -0.1) is 12.4 Å². The van der Waals surface area contributed by atoms with Crippen molar-refractivity contribution < 1.29 is 14.6 Å². The van der Waals surface area contributed by atoms with Gasteiger partial charge in [-0.2, -0.15) is 0 Å². The van der Waals surface area contributed by atoms with Crippen molar-refractivity contribution in [3.05, 3.63) is 0 Å². The van der Waals surface area contributed by atoms with E-state index in [1.165, 1.54) is 7.11 Å². The number of aliphatic hydroxyl groups excluding tert-OH is 1. The van der Waals surface area contributed by atoms with Crippen LogP contribution in [0.2, 0.25) is 0 Å². The van der Waals surface area contributed by atoms with Crippen molar-refractivity contribution in [1.82, 2.24) is 0 Å². The summed E-state index contributed by atoms with van der Waals surface area (Å²) in [5, 5.41) is 9.24. The van der Waals surface area contributed by atoms with E-state index in [1.54, 1.807) is 0 Å². The topological polar surface area (TPSA) is 72.5 Å². The zero-order valence-electron chi connectivity index (χ0n) is 8.19. The minimum absolute atomic E-state index is 0. The fraction of sp³-hybridized carbons (Fsp3) is 0.875. The monoisotopic (exact) mass is 211 g/mol. The number of halogens is 1. The molecule has 1 unspecified atom stereocenters. The molecular weight excluding hydrogens is 194 g/mol. The van der Waals surface area contributed by atoms with E-state index in [4.69, 9.17) is 5.73 Å². The third-order valence-electron chi connectivity index (χ3n) is 1.59. The van der Waals surface area contributed by atoms with Crippen LogP contribution in [0.5, 0.6) is 0 Å². The van der Waals surface area contributed by atoms with Crippen LogP contribution < -0.4 is 5.73 Å². The summed E-state index contributed by atoms with van der Waals surface area (Å²) in [6, 6.07) is -0.530. The largest absolute Gasteiger partial charge is 0.467 e. The molecule has 80 valence electrons. The highest BCUT2D eigenvalue weighted by Crippen LogP contribution is 2.06. The van der Waals surface area contributed by atoms with Crippen LogP contribution in [0.25, 0.3) is 0 Å². The van der Waals surface area contributed by atoms with Gasteiger partial charge in [0.15, 0.2) is 6.10 Å². The van der Waals surface area contributed by atoms with Crippen LogP contribution in [0.3, 0.4) is 0 Å². The Morgan fingerprint density at radius 3 is 2.31 bits per heavy atom. The van der Waals surface area contributed by atoms with Gasteiger partial charge in [0.1, 0.15) is 0 Å². The predicted molar refractivity (Wildman–Crippen MR) is 52.7 cm³/mol. The minimum Gasteiger partial charge on any atom is -0.467 e. The lowest BCUT2D eigenvalue weighted by Gasteiger charge is -2.17. The number of ether oxygens (including phenoxy) is 1. The smallest absolute Gasteiger partial charge is 0.336 e. The van der Waals surface area contributed by atoms with E-state index in [0.29, 0.717) is 12.3 Å². The van der Waals surface area contributed by atoms with Crippen molar-refractivity contribution >= 4 is 18.4 Å². The first-order valence-corrected chi connectivity index (χ1v) is 4.00. The quantitative estimate of drug-likeness (QED) is 0.657. The third kappa shape index (κ3) is 5.85. The Balaban J connectivity index is 0. The van der Waals surface area contributed by atoms with Crippen molar-refractivity contribution in [2.75, 3.05) is 7.11 Å². The molecule has 0 aliphatic carbocycles. The van der Waals surface area contributed by atoms with Crippen molar-refractivity contribution in [2.45, 2.75) is 32.4 Å². The van der Waals surface area contributed by atoms with Crippen LogP contribution in [0.4, 0.5) is 0 Å². The summed E-state index contributed by atoms with van der Waals surface area (Å²) in [4.78, 5) is 10.8. The number of aliphatic hydroxyl groups is 1. The molecule has 3 N–H and O–H groups in total. The zero-order valence-corrected chi connectivity index (χ0v) is 9.00. The normalized spacial score (nSPS) is 14.6. The molecule has 0 saturated heterocycles. The first-order valence-electron chi connectivity index (χ1n) is 4.00.